The lowest BCUT2D eigenvalue weighted by molar-refractivity contribution is 0.114. The van der Waals surface area contributed by atoms with E-state index < -0.39 is 0 Å². The summed E-state index contributed by atoms with van der Waals surface area (Å²) in [7, 11) is 0. The van der Waals surface area contributed by atoms with Crippen molar-refractivity contribution in [1.82, 2.24) is 9.80 Å². The van der Waals surface area contributed by atoms with Crippen molar-refractivity contribution in [3.63, 3.8) is 0 Å². The van der Waals surface area contributed by atoms with Crippen molar-refractivity contribution in [2.24, 2.45) is 11.3 Å². The highest BCUT2D eigenvalue weighted by atomic mass is 16.3. The first-order valence-electron chi connectivity index (χ1n) is 9.03. The lowest BCUT2D eigenvalue weighted by Gasteiger charge is -2.27. The summed E-state index contributed by atoms with van der Waals surface area (Å²) in [6.07, 6.45) is 6.99. The van der Waals surface area contributed by atoms with Gasteiger partial charge in [-0.3, -0.25) is 4.90 Å². The van der Waals surface area contributed by atoms with Crippen molar-refractivity contribution in [2.45, 2.75) is 19.8 Å². The summed E-state index contributed by atoms with van der Waals surface area (Å²) in [4.78, 5) is 5.08. The van der Waals surface area contributed by atoms with E-state index in [2.05, 4.69) is 53.1 Å². The van der Waals surface area contributed by atoms with Crippen molar-refractivity contribution < 1.29 is 5.11 Å². The summed E-state index contributed by atoms with van der Waals surface area (Å²) >= 11 is 0. The highest BCUT2D eigenvalue weighted by molar-refractivity contribution is 5.48. The molecule has 0 aliphatic carbocycles. The topological polar surface area (TPSA) is 26.7 Å². The predicted octanol–water partition coefficient (Wildman–Crippen LogP) is 2.73. The molecule has 0 saturated carbocycles. The fourth-order valence-electron chi connectivity index (χ4n) is 4.22. The second-order valence-electron chi connectivity index (χ2n) is 7.31. The SMILES string of the molecule is CCCCN1CC2CN(CC=Cc3ccccc3)CC2(CO)C1. The van der Waals surface area contributed by atoms with Gasteiger partial charge in [-0.25, -0.2) is 0 Å². The maximum atomic E-state index is 10.0. The second kappa shape index (κ2) is 7.61. The molecule has 3 nitrogen and oxygen atoms in total. The molecule has 0 amide bonds. The molecular weight excluding hydrogens is 284 g/mol. The molecule has 2 unspecified atom stereocenters. The molecule has 0 aromatic heterocycles. The van der Waals surface area contributed by atoms with E-state index in [4.69, 9.17) is 0 Å². The average Bonchev–Trinajstić information content (AvgIpc) is 3.07. The summed E-state index contributed by atoms with van der Waals surface area (Å²) in [5, 5.41) is 10.0. The number of benzene rings is 1. The third-order valence-corrected chi connectivity index (χ3v) is 5.52. The van der Waals surface area contributed by atoms with Gasteiger partial charge in [0.15, 0.2) is 0 Å². The molecule has 1 aromatic rings. The molecule has 23 heavy (non-hydrogen) atoms. The molecule has 126 valence electrons. The summed E-state index contributed by atoms with van der Waals surface area (Å²) in [6.45, 7) is 9.17. The minimum atomic E-state index is 0.119. The molecule has 2 aliphatic rings. The molecule has 3 rings (SSSR count). The van der Waals surface area contributed by atoms with Crippen LogP contribution in [0, 0.1) is 11.3 Å². The van der Waals surface area contributed by atoms with Gasteiger partial charge < -0.3 is 10.0 Å². The van der Waals surface area contributed by atoms with Gasteiger partial charge in [-0.2, -0.15) is 0 Å². The van der Waals surface area contributed by atoms with Crippen molar-refractivity contribution in [3.05, 3.63) is 42.0 Å². The van der Waals surface area contributed by atoms with Crippen LogP contribution in [-0.4, -0.2) is 60.8 Å². The number of rotatable bonds is 7. The third-order valence-electron chi connectivity index (χ3n) is 5.52. The predicted molar refractivity (Wildman–Crippen MR) is 96.3 cm³/mol. The first kappa shape index (κ1) is 16.7. The summed E-state index contributed by atoms with van der Waals surface area (Å²) in [5.74, 6) is 0.634. The highest BCUT2D eigenvalue weighted by Crippen LogP contribution is 2.42. The van der Waals surface area contributed by atoms with Crippen molar-refractivity contribution in [3.8, 4) is 0 Å². The quantitative estimate of drug-likeness (QED) is 0.838. The van der Waals surface area contributed by atoms with Crippen LogP contribution in [0.2, 0.25) is 0 Å². The number of hydrogen-bond acceptors (Lipinski definition) is 3. The Morgan fingerprint density at radius 3 is 2.61 bits per heavy atom. The smallest absolute Gasteiger partial charge is 0.0515 e. The molecule has 0 spiro atoms. The molecule has 2 fully saturated rings. The number of hydrogen-bond donors (Lipinski definition) is 1. The van der Waals surface area contributed by atoms with Crippen molar-refractivity contribution in [2.75, 3.05) is 45.9 Å². The van der Waals surface area contributed by atoms with Crippen molar-refractivity contribution in [1.29, 1.82) is 0 Å². The fraction of sp³-hybridized carbons (Fsp3) is 0.600. The number of aliphatic hydroxyl groups is 1. The standard InChI is InChI=1S/C20H30N2O/c1-2-3-11-21-13-19-14-22(16-20(19,15-21)17-23)12-7-10-18-8-5-4-6-9-18/h4-10,19,23H,2-3,11-17H2,1H3. The van der Waals surface area contributed by atoms with Gasteiger partial charge >= 0.3 is 0 Å². The fourth-order valence-corrected chi connectivity index (χ4v) is 4.22. The Bertz CT molecular complexity index is 516. The maximum Gasteiger partial charge on any atom is 0.0515 e. The van der Waals surface area contributed by atoms with Crippen molar-refractivity contribution >= 4 is 6.08 Å². The van der Waals surface area contributed by atoms with Gasteiger partial charge in [-0.05, 0) is 24.4 Å². The summed E-state index contributed by atoms with van der Waals surface area (Å²) in [5.41, 5.74) is 1.38. The lowest BCUT2D eigenvalue weighted by atomic mass is 9.82. The Morgan fingerprint density at radius 1 is 1.17 bits per heavy atom. The Kier molecular flexibility index (Phi) is 5.52. The Hall–Kier alpha value is -1.16. The van der Waals surface area contributed by atoms with E-state index in [0.29, 0.717) is 12.5 Å². The molecule has 0 bridgehead atoms. The van der Waals surface area contributed by atoms with Crippen LogP contribution >= 0.6 is 0 Å². The van der Waals surface area contributed by atoms with Gasteiger partial charge in [0.2, 0.25) is 0 Å². The van der Waals surface area contributed by atoms with Crippen LogP contribution in [0.3, 0.4) is 0 Å². The first-order chi connectivity index (χ1) is 11.3. The minimum Gasteiger partial charge on any atom is -0.396 e. The van der Waals surface area contributed by atoms with E-state index in [1.807, 2.05) is 6.07 Å². The van der Waals surface area contributed by atoms with Crippen LogP contribution in [0.4, 0.5) is 0 Å². The number of nitrogens with zero attached hydrogens (tertiary/aromatic N) is 2. The Morgan fingerprint density at radius 2 is 1.91 bits per heavy atom. The molecule has 0 radical (unpaired) electrons. The third kappa shape index (κ3) is 3.85. The van der Waals surface area contributed by atoms with E-state index in [9.17, 15) is 5.11 Å². The van der Waals surface area contributed by atoms with E-state index in [0.717, 1.165) is 26.2 Å². The number of likely N-dealkylation sites (tertiary alicyclic amines) is 2. The molecular formula is C20H30N2O. The summed E-state index contributed by atoms with van der Waals surface area (Å²) < 4.78 is 0. The normalized spacial score (nSPS) is 28.7. The second-order valence-corrected chi connectivity index (χ2v) is 7.31. The number of fused-ring (bicyclic) bond motifs is 1. The van der Waals surface area contributed by atoms with Crippen LogP contribution < -0.4 is 0 Å². The largest absolute Gasteiger partial charge is 0.396 e. The van der Waals surface area contributed by atoms with Gasteiger partial charge in [-0.1, -0.05) is 55.8 Å². The highest BCUT2D eigenvalue weighted by Gasteiger charge is 2.51. The molecule has 2 heterocycles. The van der Waals surface area contributed by atoms with Crippen LogP contribution in [0.1, 0.15) is 25.3 Å². The molecule has 2 atom stereocenters. The van der Waals surface area contributed by atoms with Crippen LogP contribution in [0.25, 0.3) is 6.08 Å². The van der Waals surface area contributed by atoms with E-state index in [-0.39, 0.29) is 5.41 Å². The van der Waals surface area contributed by atoms with Crippen LogP contribution in [0.5, 0.6) is 0 Å². The number of unbranched alkanes of at least 4 members (excludes halogenated alkanes) is 1. The summed E-state index contributed by atoms with van der Waals surface area (Å²) in [6, 6.07) is 10.5. The Labute approximate surface area is 140 Å². The Balaban J connectivity index is 1.53. The van der Waals surface area contributed by atoms with Crippen LogP contribution in [-0.2, 0) is 0 Å². The van der Waals surface area contributed by atoms with Gasteiger partial charge in [0.25, 0.3) is 0 Å². The van der Waals surface area contributed by atoms with E-state index in [1.54, 1.807) is 0 Å². The monoisotopic (exact) mass is 314 g/mol. The molecule has 1 N–H and O–H groups in total. The van der Waals surface area contributed by atoms with Gasteiger partial charge in [0.1, 0.15) is 0 Å². The lowest BCUT2D eigenvalue weighted by Crippen LogP contribution is -2.37. The average molecular weight is 314 g/mol. The molecule has 2 aliphatic heterocycles. The molecule has 3 heteroatoms. The molecule has 1 aromatic carbocycles. The first-order valence-corrected chi connectivity index (χ1v) is 9.03. The van der Waals surface area contributed by atoms with Gasteiger partial charge in [0, 0.05) is 38.1 Å². The molecule has 2 saturated heterocycles. The number of aliphatic hydroxyl groups excluding tert-OH is 1. The van der Waals surface area contributed by atoms with E-state index in [1.165, 1.54) is 31.5 Å². The zero-order valence-corrected chi connectivity index (χ0v) is 14.3. The zero-order chi connectivity index (χ0) is 16.1. The minimum absolute atomic E-state index is 0.119. The zero-order valence-electron chi connectivity index (χ0n) is 14.3. The van der Waals surface area contributed by atoms with Crippen LogP contribution in [0.15, 0.2) is 36.4 Å². The van der Waals surface area contributed by atoms with Gasteiger partial charge in [0.05, 0.1) is 6.61 Å². The van der Waals surface area contributed by atoms with E-state index >= 15 is 0 Å². The maximum absolute atomic E-state index is 10.0. The van der Waals surface area contributed by atoms with Gasteiger partial charge in [-0.15, -0.1) is 0 Å².